The Morgan fingerprint density at radius 1 is 1.45 bits per heavy atom. The van der Waals surface area contributed by atoms with Crippen molar-refractivity contribution in [2.45, 2.75) is 44.8 Å². The maximum atomic E-state index is 11.5. The number of anilines is 2. The highest BCUT2D eigenvalue weighted by Crippen LogP contribution is 2.42. The van der Waals surface area contributed by atoms with E-state index in [0.717, 1.165) is 25.1 Å². The largest absolute Gasteiger partial charge is 0.378 e. The molecule has 0 aromatic heterocycles. The fourth-order valence-electron chi connectivity index (χ4n) is 2.69. The summed E-state index contributed by atoms with van der Waals surface area (Å²) < 4.78 is 0. The molecule has 1 unspecified atom stereocenters. The number of nitrogens with one attached hydrogen (secondary N) is 1. The van der Waals surface area contributed by atoms with Gasteiger partial charge in [0.25, 0.3) is 5.91 Å². The summed E-state index contributed by atoms with van der Waals surface area (Å²) in [4.78, 5) is 13.9. The van der Waals surface area contributed by atoms with Crippen LogP contribution < -0.4 is 10.2 Å². The zero-order valence-corrected chi connectivity index (χ0v) is 12.3. The van der Waals surface area contributed by atoms with E-state index >= 15 is 0 Å². The molecule has 1 aromatic carbocycles. The third-order valence-corrected chi connectivity index (χ3v) is 4.27. The van der Waals surface area contributed by atoms with Gasteiger partial charge in [0.05, 0.1) is 10.7 Å². The number of aliphatic hydroxyl groups excluding tert-OH is 1. The fourth-order valence-corrected chi connectivity index (χ4v) is 2.97. The van der Waals surface area contributed by atoms with Crippen molar-refractivity contribution in [1.82, 2.24) is 0 Å². The average molecular weight is 295 g/mol. The van der Waals surface area contributed by atoms with Crippen LogP contribution in [0.15, 0.2) is 12.1 Å². The van der Waals surface area contributed by atoms with Gasteiger partial charge in [0, 0.05) is 23.8 Å². The van der Waals surface area contributed by atoms with Crippen molar-refractivity contribution in [3.63, 3.8) is 0 Å². The van der Waals surface area contributed by atoms with Crippen molar-refractivity contribution in [3.05, 3.63) is 22.7 Å². The molecule has 5 heteroatoms. The van der Waals surface area contributed by atoms with E-state index in [0.29, 0.717) is 22.3 Å². The Bertz CT molecular complexity index is 543. The van der Waals surface area contributed by atoms with E-state index in [1.54, 1.807) is 6.07 Å². The van der Waals surface area contributed by atoms with Crippen LogP contribution in [0.3, 0.4) is 0 Å². The van der Waals surface area contributed by atoms with Gasteiger partial charge in [-0.25, -0.2) is 0 Å². The van der Waals surface area contributed by atoms with Gasteiger partial charge in [-0.3, -0.25) is 4.79 Å². The summed E-state index contributed by atoms with van der Waals surface area (Å²) in [6.07, 6.45) is 3.57. The van der Waals surface area contributed by atoms with Crippen LogP contribution in [-0.2, 0) is 4.79 Å². The standard InChI is InChI=1S/C15H19ClN2O2/c1-2-3-6-18(9-4-5-9)13-8-12-10(7-11(13)16)14(19)15(20)17-12/h7-9,14,19H,2-6H2,1H3,(H,17,20). The summed E-state index contributed by atoms with van der Waals surface area (Å²) in [7, 11) is 0. The first-order chi connectivity index (χ1) is 9.61. The second kappa shape index (κ2) is 5.26. The normalized spacial score (nSPS) is 20.8. The number of benzene rings is 1. The predicted octanol–water partition coefficient (Wildman–Crippen LogP) is 3.09. The SMILES string of the molecule is CCCCN(c1cc2c(cc1Cl)C(O)C(=O)N2)C1CC1. The van der Waals surface area contributed by atoms with E-state index in [9.17, 15) is 9.90 Å². The molecule has 1 aromatic rings. The van der Waals surface area contributed by atoms with Crippen molar-refractivity contribution < 1.29 is 9.90 Å². The third-order valence-electron chi connectivity index (χ3n) is 3.97. The van der Waals surface area contributed by atoms with Crippen LogP contribution in [0.25, 0.3) is 0 Å². The number of carbonyl (C=O) groups is 1. The molecule has 108 valence electrons. The summed E-state index contributed by atoms with van der Waals surface area (Å²) in [6.45, 7) is 3.15. The van der Waals surface area contributed by atoms with Gasteiger partial charge in [0.15, 0.2) is 6.10 Å². The van der Waals surface area contributed by atoms with Crippen molar-refractivity contribution in [2.75, 3.05) is 16.8 Å². The minimum atomic E-state index is -1.10. The first-order valence-electron chi connectivity index (χ1n) is 7.20. The van der Waals surface area contributed by atoms with Crippen molar-refractivity contribution in [1.29, 1.82) is 0 Å². The Morgan fingerprint density at radius 3 is 2.85 bits per heavy atom. The number of fused-ring (bicyclic) bond motifs is 1. The number of hydrogen-bond acceptors (Lipinski definition) is 3. The second-order valence-electron chi connectivity index (χ2n) is 5.56. The maximum Gasteiger partial charge on any atom is 0.257 e. The molecule has 2 N–H and O–H groups in total. The van der Waals surface area contributed by atoms with E-state index in [4.69, 9.17) is 11.6 Å². The zero-order valence-electron chi connectivity index (χ0n) is 11.5. The molecule has 20 heavy (non-hydrogen) atoms. The van der Waals surface area contributed by atoms with Gasteiger partial charge in [0.2, 0.25) is 0 Å². The smallest absolute Gasteiger partial charge is 0.257 e. The van der Waals surface area contributed by atoms with Crippen LogP contribution in [-0.4, -0.2) is 23.6 Å². The molecule has 0 saturated heterocycles. The van der Waals surface area contributed by atoms with Gasteiger partial charge < -0.3 is 15.3 Å². The highest BCUT2D eigenvalue weighted by atomic mass is 35.5. The summed E-state index contributed by atoms with van der Waals surface area (Å²) >= 11 is 6.37. The van der Waals surface area contributed by atoms with Crippen LogP contribution in [0.5, 0.6) is 0 Å². The topological polar surface area (TPSA) is 52.6 Å². The third kappa shape index (κ3) is 2.38. The predicted molar refractivity (Wildman–Crippen MR) is 80.3 cm³/mol. The molecule has 1 heterocycles. The number of halogens is 1. The molecular weight excluding hydrogens is 276 g/mol. The lowest BCUT2D eigenvalue weighted by atomic mass is 10.1. The number of rotatable bonds is 5. The number of nitrogens with zero attached hydrogens (tertiary/aromatic N) is 1. The molecule has 2 aliphatic rings. The molecule has 1 saturated carbocycles. The molecule has 1 atom stereocenters. The second-order valence-corrected chi connectivity index (χ2v) is 5.97. The monoisotopic (exact) mass is 294 g/mol. The van der Waals surface area contributed by atoms with Gasteiger partial charge in [-0.05, 0) is 31.4 Å². The van der Waals surface area contributed by atoms with E-state index in [2.05, 4.69) is 17.1 Å². The van der Waals surface area contributed by atoms with Gasteiger partial charge in [-0.1, -0.05) is 24.9 Å². The minimum Gasteiger partial charge on any atom is -0.378 e. The molecule has 1 aliphatic heterocycles. The molecule has 4 nitrogen and oxygen atoms in total. The number of aliphatic hydroxyl groups is 1. The summed E-state index contributed by atoms with van der Waals surface area (Å²) in [6, 6.07) is 4.19. The summed E-state index contributed by atoms with van der Waals surface area (Å²) in [5, 5.41) is 13.1. The van der Waals surface area contributed by atoms with Crippen LogP contribution in [0.4, 0.5) is 11.4 Å². The first kappa shape index (κ1) is 13.7. The van der Waals surface area contributed by atoms with E-state index in [1.807, 2.05) is 6.07 Å². The Hall–Kier alpha value is -1.26. The molecule has 1 amide bonds. The van der Waals surface area contributed by atoms with Gasteiger partial charge >= 0.3 is 0 Å². The molecule has 3 rings (SSSR count). The lowest BCUT2D eigenvalue weighted by Crippen LogP contribution is -2.27. The molecule has 1 fully saturated rings. The lowest BCUT2D eigenvalue weighted by molar-refractivity contribution is -0.123. The Morgan fingerprint density at radius 2 is 2.20 bits per heavy atom. The maximum absolute atomic E-state index is 11.5. The van der Waals surface area contributed by atoms with Crippen LogP contribution in [0, 0.1) is 0 Å². The van der Waals surface area contributed by atoms with Crippen LogP contribution >= 0.6 is 11.6 Å². The Balaban J connectivity index is 1.93. The highest BCUT2D eigenvalue weighted by molar-refractivity contribution is 6.33. The average Bonchev–Trinajstić information content (AvgIpc) is 3.21. The molecule has 1 aliphatic carbocycles. The van der Waals surface area contributed by atoms with Crippen molar-refractivity contribution >= 4 is 28.9 Å². The van der Waals surface area contributed by atoms with Crippen LogP contribution in [0.2, 0.25) is 5.02 Å². The summed E-state index contributed by atoms with van der Waals surface area (Å²) in [5.41, 5.74) is 2.23. The van der Waals surface area contributed by atoms with Crippen LogP contribution in [0.1, 0.15) is 44.3 Å². The van der Waals surface area contributed by atoms with Gasteiger partial charge in [-0.15, -0.1) is 0 Å². The van der Waals surface area contributed by atoms with Crippen molar-refractivity contribution in [2.24, 2.45) is 0 Å². The fraction of sp³-hybridized carbons (Fsp3) is 0.533. The first-order valence-corrected chi connectivity index (χ1v) is 7.58. The van der Waals surface area contributed by atoms with Gasteiger partial charge in [-0.2, -0.15) is 0 Å². The Kier molecular flexibility index (Phi) is 3.61. The van der Waals surface area contributed by atoms with E-state index in [1.165, 1.54) is 12.8 Å². The number of unbranched alkanes of at least 4 members (excludes halogenated alkanes) is 1. The lowest BCUT2D eigenvalue weighted by Gasteiger charge is -2.26. The van der Waals surface area contributed by atoms with E-state index < -0.39 is 6.10 Å². The minimum absolute atomic E-state index is 0.375. The molecule has 0 spiro atoms. The quantitative estimate of drug-likeness (QED) is 0.877. The van der Waals surface area contributed by atoms with Gasteiger partial charge in [0.1, 0.15) is 0 Å². The summed E-state index contributed by atoms with van der Waals surface area (Å²) in [5.74, 6) is -0.375. The molecule has 0 bridgehead atoms. The number of carbonyl (C=O) groups excluding carboxylic acids is 1. The molecule has 0 radical (unpaired) electrons. The van der Waals surface area contributed by atoms with Crippen molar-refractivity contribution in [3.8, 4) is 0 Å². The van der Waals surface area contributed by atoms with E-state index in [-0.39, 0.29) is 5.91 Å². The highest BCUT2D eigenvalue weighted by Gasteiger charge is 2.33. The zero-order chi connectivity index (χ0) is 14.3. The molecular formula is C15H19ClN2O2. The number of amides is 1. The number of hydrogen-bond donors (Lipinski definition) is 2. The Labute approximate surface area is 123 Å².